The van der Waals surface area contributed by atoms with Gasteiger partial charge in [-0.1, -0.05) is 41.6 Å². The van der Waals surface area contributed by atoms with E-state index in [2.05, 4.69) is 21.0 Å². The lowest BCUT2D eigenvalue weighted by Crippen LogP contribution is -2.28. The van der Waals surface area contributed by atoms with Gasteiger partial charge in [0.1, 0.15) is 0 Å². The van der Waals surface area contributed by atoms with Crippen LogP contribution < -0.4 is 0 Å². The summed E-state index contributed by atoms with van der Waals surface area (Å²) in [4.78, 5) is 0. The van der Waals surface area contributed by atoms with Gasteiger partial charge in [-0.15, -0.1) is 0 Å². The highest BCUT2D eigenvalue weighted by molar-refractivity contribution is 9.09. The van der Waals surface area contributed by atoms with Crippen LogP contribution >= 0.6 is 15.9 Å². The van der Waals surface area contributed by atoms with Crippen molar-refractivity contribution in [1.82, 2.24) is 9.78 Å². The van der Waals surface area contributed by atoms with Gasteiger partial charge in [-0.05, 0) is 24.3 Å². The van der Waals surface area contributed by atoms with Crippen LogP contribution in [0.1, 0.15) is 44.2 Å². The molecule has 6 heteroatoms. The fourth-order valence-electron chi connectivity index (χ4n) is 2.76. The van der Waals surface area contributed by atoms with Gasteiger partial charge in [0.05, 0.1) is 0 Å². The molecule has 0 aliphatic heterocycles. The van der Waals surface area contributed by atoms with Crippen LogP contribution in [0.4, 0.5) is 13.2 Å². The summed E-state index contributed by atoms with van der Waals surface area (Å²) in [5.41, 5.74) is -0.753. The first-order valence-electron chi connectivity index (χ1n) is 6.62. The smallest absolute Gasteiger partial charge is 0.272 e. The highest BCUT2D eigenvalue weighted by atomic mass is 79.9. The molecular formula is C13H18BrF3N2. The summed E-state index contributed by atoms with van der Waals surface area (Å²) in [6.45, 7) is 0.564. The van der Waals surface area contributed by atoms with Gasteiger partial charge in [-0.2, -0.15) is 18.3 Å². The Labute approximate surface area is 119 Å². The van der Waals surface area contributed by atoms with Crippen molar-refractivity contribution in [3.05, 3.63) is 18.0 Å². The van der Waals surface area contributed by atoms with Crippen molar-refractivity contribution in [2.24, 2.45) is 5.41 Å². The summed E-state index contributed by atoms with van der Waals surface area (Å²) in [5.74, 6) is 0. The van der Waals surface area contributed by atoms with Crippen molar-refractivity contribution in [1.29, 1.82) is 0 Å². The quantitative estimate of drug-likeness (QED) is 0.580. The Morgan fingerprint density at radius 2 is 1.84 bits per heavy atom. The normalized spacial score (nSPS) is 20.2. The van der Waals surface area contributed by atoms with E-state index in [9.17, 15) is 13.2 Å². The van der Waals surface area contributed by atoms with Crippen LogP contribution in [0.5, 0.6) is 0 Å². The molecule has 2 nitrogen and oxygen atoms in total. The van der Waals surface area contributed by atoms with Crippen molar-refractivity contribution < 1.29 is 13.2 Å². The van der Waals surface area contributed by atoms with Crippen molar-refractivity contribution in [3.8, 4) is 0 Å². The number of hydrogen-bond acceptors (Lipinski definition) is 1. The molecule has 2 rings (SSSR count). The van der Waals surface area contributed by atoms with Crippen LogP contribution in [0.15, 0.2) is 12.3 Å². The Hall–Kier alpha value is -0.520. The minimum Gasteiger partial charge on any atom is -0.272 e. The molecule has 0 aromatic carbocycles. The first kappa shape index (κ1) is 14.9. The average molecular weight is 339 g/mol. The number of nitrogens with zero attached hydrogens (tertiary/aromatic N) is 2. The summed E-state index contributed by atoms with van der Waals surface area (Å²) in [5, 5.41) is 4.49. The van der Waals surface area contributed by atoms with Gasteiger partial charge in [-0.25, -0.2) is 0 Å². The summed E-state index contributed by atoms with van der Waals surface area (Å²) >= 11 is 3.54. The van der Waals surface area contributed by atoms with Crippen molar-refractivity contribution in [3.63, 3.8) is 0 Å². The van der Waals surface area contributed by atoms with E-state index in [0.717, 1.165) is 37.1 Å². The molecule has 1 saturated carbocycles. The second-order valence-electron chi connectivity index (χ2n) is 5.44. The molecule has 0 amide bonds. The summed E-state index contributed by atoms with van der Waals surface area (Å²) < 4.78 is 39.1. The Bertz CT molecular complexity index is 406. The van der Waals surface area contributed by atoms with Gasteiger partial charge in [0.15, 0.2) is 5.69 Å². The van der Waals surface area contributed by atoms with E-state index in [1.807, 2.05) is 0 Å². The van der Waals surface area contributed by atoms with Crippen molar-refractivity contribution >= 4 is 15.9 Å². The molecule has 1 aromatic heterocycles. The lowest BCUT2D eigenvalue weighted by atomic mass is 9.82. The molecule has 1 fully saturated rings. The number of hydrogen-bond donors (Lipinski definition) is 0. The second kappa shape index (κ2) is 5.85. The molecule has 0 unspecified atom stereocenters. The Balaban J connectivity index is 2.11. The molecule has 0 bridgehead atoms. The van der Waals surface area contributed by atoms with E-state index in [1.165, 1.54) is 23.7 Å². The third-order valence-corrected chi connectivity index (χ3v) is 5.07. The van der Waals surface area contributed by atoms with E-state index in [1.54, 1.807) is 0 Å². The topological polar surface area (TPSA) is 17.8 Å². The molecule has 1 aliphatic carbocycles. The number of rotatable bonds is 3. The fourth-order valence-corrected chi connectivity index (χ4v) is 3.50. The van der Waals surface area contributed by atoms with Crippen molar-refractivity contribution in [2.75, 3.05) is 5.33 Å². The maximum absolute atomic E-state index is 12.5. The molecule has 108 valence electrons. The monoisotopic (exact) mass is 338 g/mol. The van der Waals surface area contributed by atoms with E-state index >= 15 is 0 Å². The van der Waals surface area contributed by atoms with Crippen LogP contribution in [0.3, 0.4) is 0 Å². The van der Waals surface area contributed by atoms with Gasteiger partial charge in [-0.3, -0.25) is 4.68 Å². The number of alkyl halides is 4. The summed E-state index contributed by atoms with van der Waals surface area (Å²) in [7, 11) is 0. The van der Waals surface area contributed by atoms with Gasteiger partial charge in [0.25, 0.3) is 0 Å². The second-order valence-corrected chi connectivity index (χ2v) is 6.00. The molecule has 0 saturated heterocycles. The lowest BCUT2D eigenvalue weighted by molar-refractivity contribution is -0.141. The highest BCUT2D eigenvalue weighted by Gasteiger charge is 2.35. The molecule has 0 spiro atoms. The minimum atomic E-state index is -4.35. The van der Waals surface area contributed by atoms with Crippen LogP contribution in [0, 0.1) is 5.41 Å². The SMILES string of the molecule is FC(F)(F)c1ccn(CC2(CBr)CCCCCC2)n1. The Morgan fingerprint density at radius 1 is 1.21 bits per heavy atom. The zero-order valence-electron chi connectivity index (χ0n) is 10.7. The van der Waals surface area contributed by atoms with Crippen LogP contribution in [-0.4, -0.2) is 15.1 Å². The predicted molar refractivity (Wildman–Crippen MR) is 71.2 cm³/mol. The van der Waals surface area contributed by atoms with Crippen LogP contribution in [-0.2, 0) is 12.7 Å². The highest BCUT2D eigenvalue weighted by Crippen LogP contribution is 2.38. The van der Waals surface area contributed by atoms with Crippen LogP contribution in [0.25, 0.3) is 0 Å². The Kier molecular flexibility index (Phi) is 4.58. The molecule has 0 radical (unpaired) electrons. The van der Waals surface area contributed by atoms with Gasteiger partial charge in [0, 0.05) is 18.1 Å². The van der Waals surface area contributed by atoms with E-state index in [4.69, 9.17) is 0 Å². The average Bonchev–Trinajstić information content (AvgIpc) is 2.69. The maximum Gasteiger partial charge on any atom is 0.435 e. The molecule has 1 aromatic rings. The van der Waals surface area contributed by atoms with Crippen LogP contribution in [0.2, 0.25) is 0 Å². The van der Waals surface area contributed by atoms with E-state index < -0.39 is 11.9 Å². The Morgan fingerprint density at radius 3 is 2.32 bits per heavy atom. The lowest BCUT2D eigenvalue weighted by Gasteiger charge is -2.30. The molecule has 1 heterocycles. The minimum absolute atomic E-state index is 0.0470. The summed E-state index contributed by atoms with van der Waals surface area (Å²) in [6.07, 6.45) is 3.95. The molecule has 19 heavy (non-hydrogen) atoms. The molecule has 0 N–H and O–H groups in total. The number of aromatic nitrogens is 2. The fraction of sp³-hybridized carbons (Fsp3) is 0.769. The maximum atomic E-state index is 12.5. The standard InChI is InChI=1S/C13H18BrF3N2/c14-9-12(6-3-1-2-4-7-12)10-19-8-5-11(18-19)13(15,16)17/h5,8H,1-4,6-7,9-10H2. The molecule has 0 atom stereocenters. The first-order valence-corrected chi connectivity index (χ1v) is 7.74. The molecular weight excluding hydrogens is 321 g/mol. The van der Waals surface area contributed by atoms with Gasteiger partial charge < -0.3 is 0 Å². The zero-order chi connectivity index (χ0) is 13.9. The van der Waals surface area contributed by atoms with E-state index in [0.29, 0.717) is 6.54 Å². The third kappa shape index (κ3) is 3.74. The van der Waals surface area contributed by atoms with Gasteiger partial charge >= 0.3 is 6.18 Å². The number of halogens is 4. The molecule has 1 aliphatic rings. The zero-order valence-corrected chi connectivity index (χ0v) is 12.3. The van der Waals surface area contributed by atoms with E-state index in [-0.39, 0.29) is 5.41 Å². The van der Waals surface area contributed by atoms with Gasteiger partial charge in [0.2, 0.25) is 0 Å². The summed E-state index contributed by atoms with van der Waals surface area (Å²) in [6, 6.07) is 1.05. The third-order valence-electron chi connectivity index (χ3n) is 3.88. The largest absolute Gasteiger partial charge is 0.435 e. The predicted octanol–water partition coefficient (Wildman–Crippen LogP) is 4.64. The first-order chi connectivity index (χ1) is 8.95. The van der Waals surface area contributed by atoms with Crippen molar-refractivity contribution in [2.45, 2.75) is 51.2 Å².